The zero-order valence-electron chi connectivity index (χ0n) is 19.2. The molecule has 0 amide bonds. The van der Waals surface area contributed by atoms with Gasteiger partial charge < -0.3 is 10.2 Å². The number of aromatic nitrogens is 3. The molecule has 186 valence electrons. The third kappa shape index (κ3) is 5.93. The highest BCUT2D eigenvalue weighted by Crippen LogP contribution is 2.27. The van der Waals surface area contributed by atoms with Gasteiger partial charge in [0.25, 0.3) is 10.0 Å². The molecular formula is C24H24ClN7O2S2. The number of thiazole rings is 1. The molecule has 0 bridgehead atoms. The van der Waals surface area contributed by atoms with E-state index in [9.17, 15) is 8.42 Å². The van der Waals surface area contributed by atoms with Crippen molar-refractivity contribution < 1.29 is 8.42 Å². The van der Waals surface area contributed by atoms with E-state index in [2.05, 4.69) is 35.2 Å². The maximum atomic E-state index is 12.6. The molecule has 1 fully saturated rings. The molecule has 0 unspecified atom stereocenters. The Morgan fingerprint density at radius 3 is 2.50 bits per heavy atom. The van der Waals surface area contributed by atoms with Gasteiger partial charge in [0.1, 0.15) is 12.1 Å². The normalized spacial score (nSPS) is 14.5. The molecule has 12 heteroatoms. The smallest absolute Gasteiger partial charge is 0.263 e. The number of para-hydroxylation sites is 1. The van der Waals surface area contributed by atoms with Gasteiger partial charge in [-0.05, 0) is 42.5 Å². The summed E-state index contributed by atoms with van der Waals surface area (Å²) in [4.78, 5) is 17.2. The predicted molar refractivity (Wildman–Crippen MR) is 144 cm³/mol. The van der Waals surface area contributed by atoms with Crippen molar-refractivity contribution in [2.75, 3.05) is 41.1 Å². The summed E-state index contributed by atoms with van der Waals surface area (Å²) in [7, 11) is -3.71. The number of benzene rings is 2. The highest BCUT2D eigenvalue weighted by molar-refractivity contribution is 7.92. The lowest BCUT2D eigenvalue weighted by atomic mass is 10.2. The van der Waals surface area contributed by atoms with Gasteiger partial charge in [0.05, 0.1) is 21.3 Å². The second-order valence-electron chi connectivity index (χ2n) is 8.21. The molecule has 2 N–H and O–H groups in total. The van der Waals surface area contributed by atoms with Crippen molar-refractivity contribution in [1.82, 2.24) is 19.9 Å². The van der Waals surface area contributed by atoms with Gasteiger partial charge in [-0.25, -0.2) is 23.4 Å². The fourth-order valence-corrected chi connectivity index (χ4v) is 5.80. The van der Waals surface area contributed by atoms with Gasteiger partial charge in [-0.3, -0.25) is 9.62 Å². The standard InChI is InChI=1S/C24H24ClN7O2S2/c25-21-3-1-2-4-22(21)29-24-28-18(16-35-24)15-31-11-13-32(14-12-31)19-5-7-20(8-6-19)36(33,34)30-23-9-10-26-17-27-23/h1-10,16-17H,11-15H2,(H,28,29)(H,26,27,30). The minimum Gasteiger partial charge on any atom is -0.369 e. The minimum absolute atomic E-state index is 0.188. The molecule has 36 heavy (non-hydrogen) atoms. The molecule has 1 aliphatic rings. The molecule has 4 aromatic rings. The first kappa shape index (κ1) is 24.4. The molecule has 0 radical (unpaired) electrons. The number of nitrogens with zero attached hydrogens (tertiary/aromatic N) is 5. The molecule has 2 aromatic heterocycles. The summed E-state index contributed by atoms with van der Waals surface area (Å²) in [6.07, 6.45) is 2.78. The molecule has 2 aromatic carbocycles. The van der Waals surface area contributed by atoms with Crippen molar-refractivity contribution in [2.45, 2.75) is 11.4 Å². The number of sulfonamides is 1. The Labute approximate surface area is 218 Å². The summed E-state index contributed by atoms with van der Waals surface area (Å²) in [5.74, 6) is 0.233. The highest BCUT2D eigenvalue weighted by Gasteiger charge is 2.20. The van der Waals surface area contributed by atoms with Crippen molar-refractivity contribution in [3.63, 3.8) is 0 Å². The van der Waals surface area contributed by atoms with E-state index in [1.807, 2.05) is 36.4 Å². The molecule has 3 heterocycles. The number of hydrogen-bond donors (Lipinski definition) is 2. The van der Waals surface area contributed by atoms with Crippen molar-refractivity contribution in [3.05, 3.63) is 83.2 Å². The first-order valence-corrected chi connectivity index (χ1v) is 14.0. The average Bonchev–Trinajstić information content (AvgIpc) is 3.33. The average molecular weight is 542 g/mol. The lowest BCUT2D eigenvalue weighted by molar-refractivity contribution is 0.247. The van der Waals surface area contributed by atoms with Gasteiger partial charge in [-0.15, -0.1) is 11.3 Å². The molecule has 0 saturated carbocycles. The second kappa shape index (κ2) is 10.8. The van der Waals surface area contributed by atoms with Crippen LogP contribution in [0.3, 0.4) is 0 Å². The van der Waals surface area contributed by atoms with E-state index in [-0.39, 0.29) is 10.7 Å². The lowest BCUT2D eigenvalue weighted by Crippen LogP contribution is -2.46. The van der Waals surface area contributed by atoms with Crippen molar-refractivity contribution in [1.29, 1.82) is 0 Å². The van der Waals surface area contributed by atoms with Gasteiger partial charge >= 0.3 is 0 Å². The number of rotatable bonds is 8. The summed E-state index contributed by atoms with van der Waals surface area (Å²) < 4.78 is 27.7. The van der Waals surface area contributed by atoms with Crippen LogP contribution in [0.1, 0.15) is 5.69 Å². The van der Waals surface area contributed by atoms with Crippen molar-refractivity contribution >= 4 is 55.3 Å². The molecule has 0 spiro atoms. The third-order valence-electron chi connectivity index (χ3n) is 5.76. The summed E-state index contributed by atoms with van der Waals surface area (Å²) >= 11 is 7.79. The van der Waals surface area contributed by atoms with Gasteiger partial charge in [-0.2, -0.15) is 0 Å². The van der Waals surface area contributed by atoms with E-state index in [0.29, 0.717) is 5.02 Å². The number of hydrogen-bond acceptors (Lipinski definition) is 9. The fourth-order valence-electron chi connectivity index (χ4n) is 3.89. The van der Waals surface area contributed by atoms with Gasteiger partial charge in [0, 0.05) is 50.0 Å². The van der Waals surface area contributed by atoms with Crippen LogP contribution in [0.2, 0.25) is 5.02 Å². The van der Waals surface area contributed by atoms with Gasteiger partial charge in [0.15, 0.2) is 5.13 Å². The van der Waals surface area contributed by atoms with Crippen LogP contribution in [0.15, 0.2) is 77.4 Å². The fraction of sp³-hybridized carbons (Fsp3) is 0.208. The van der Waals surface area contributed by atoms with Gasteiger partial charge in [-0.1, -0.05) is 23.7 Å². The van der Waals surface area contributed by atoms with E-state index in [4.69, 9.17) is 16.6 Å². The van der Waals surface area contributed by atoms with Crippen molar-refractivity contribution in [3.8, 4) is 0 Å². The molecule has 1 aliphatic heterocycles. The number of nitrogens with one attached hydrogen (secondary N) is 2. The van der Waals surface area contributed by atoms with Crippen molar-refractivity contribution in [2.24, 2.45) is 0 Å². The Kier molecular flexibility index (Phi) is 7.33. The Morgan fingerprint density at radius 2 is 1.78 bits per heavy atom. The van der Waals surface area contributed by atoms with Crippen LogP contribution in [0, 0.1) is 0 Å². The number of anilines is 4. The summed E-state index contributed by atoms with van der Waals surface area (Å²) in [6, 6.07) is 16.0. The maximum absolute atomic E-state index is 12.6. The summed E-state index contributed by atoms with van der Waals surface area (Å²) in [5, 5.41) is 6.84. The van der Waals surface area contributed by atoms with Crippen LogP contribution >= 0.6 is 22.9 Å². The number of halogens is 1. The summed E-state index contributed by atoms with van der Waals surface area (Å²) in [5.41, 5.74) is 2.86. The summed E-state index contributed by atoms with van der Waals surface area (Å²) in [6.45, 7) is 4.25. The molecular weight excluding hydrogens is 518 g/mol. The molecule has 9 nitrogen and oxygen atoms in total. The zero-order chi connectivity index (χ0) is 25.0. The lowest BCUT2D eigenvalue weighted by Gasteiger charge is -2.35. The predicted octanol–water partition coefficient (Wildman–Crippen LogP) is 4.45. The Balaban J connectivity index is 1.14. The van der Waals surface area contributed by atoms with Crippen LogP contribution < -0.4 is 14.9 Å². The SMILES string of the molecule is O=S(=O)(Nc1ccncn1)c1ccc(N2CCN(Cc3csc(Nc4ccccc4Cl)n3)CC2)cc1. The van der Waals surface area contributed by atoms with E-state index in [1.54, 1.807) is 23.5 Å². The first-order chi connectivity index (χ1) is 17.5. The van der Waals surface area contributed by atoms with Crippen LogP contribution in [0.25, 0.3) is 0 Å². The molecule has 0 atom stereocenters. The highest BCUT2D eigenvalue weighted by atomic mass is 35.5. The quantitative estimate of drug-likeness (QED) is 0.337. The Morgan fingerprint density at radius 1 is 1.00 bits per heavy atom. The molecule has 0 aliphatic carbocycles. The van der Waals surface area contributed by atoms with Crippen LogP contribution in [0.5, 0.6) is 0 Å². The Hall–Kier alpha value is -3.25. The zero-order valence-corrected chi connectivity index (χ0v) is 21.6. The monoisotopic (exact) mass is 541 g/mol. The Bertz CT molecular complexity index is 1410. The minimum atomic E-state index is -3.71. The maximum Gasteiger partial charge on any atom is 0.263 e. The third-order valence-corrected chi connectivity index (χ3v) is 8.26. The van der Waals surface area contributed by atoms with Crippen LogP contribution in [-0.2, 0) is 16.6 Å². The van der Waals surface area contributed by atoms with E-state index >= 15 is 0 Å². The molecule has 1 saturated heterocycles. The largest absolute Gasteiger partial charge is 0.369 e. The van der Waals surface area contributed by atoms with E-state index in [0.717, 1.165) is 54.9 Å². The topological polar surface area (TPSA) is 103 Å². The second-order valence-corrected chi connectivity index (χ2v) is 11.2. The number of piperazine rings is 1. The van der Waals surface area contributed by atoms with E-state index < -0.39 is 10.0 Å². The van der Waals surface area contributed by atoms with Crippen LogP contribution in [-0.4, -0.2) is 54.4 Å². The van der Waals surface area contributed by atoms with Gasteiger partial charge in [0.2, 0.25) is 0 Å². The van der Waals surface area contributed by atoms with Crippen LogP contribution in [0.4, 0.5) is 22.3 Å². The molecule has 5 rings (SSSR count). The van der Waals surface area contributed by atoms with E-state index in [1.165, 1.54) is 18.6 Å². The first-order valence-electron chi connectivity index (χ1n) is 11.3.